The molecular weight excluding hydrogens is 648 g/mol. The highest BCUT2D eigenvalue weighted by Gasteiger charge is 2.71. The van der Waals surface area contributed by atoms with Gasteiger partial charge in [-0.1, -0.05) is 79.2 Å². The first kappa shape index (κ1) is 34.3. The highest BCUT2D eigenvalue weighted by atomic mass is 16.6. The van der Waals surface area contributed by atoms with Crippen LogP contribution in [-0.4, -0.2) is 53.3 Å². The summed E-state index contributed by atoms with van der Waals surface area (Å²) in [4.78, 5) is 27.9. The molecule has 10 nitrogen and oxygen atoms in total. The summed E-state index contributed by atoms with van der Waals surface area (Å²) in [6.07, 6.45) is -1.18. The van der Waals surface area contributed by atoms with Crippen LogP contribution in [0.1, 0.15) is 41.0 Å². The van der Waals surface area contributed by atoms with Crippen molar-refractivity contribution >= 4 is 0 Å². The Balaban J connectivity index is 1.39. The molecule has 2 N–H and O–H groups in total. The molecule has 2 fully saturated rings. The number of aryl methyl sites for hydroxylation is 2. The van der Waals surface area contributed by atoms with Crippen LogP contribution in [0.3, 0.4) is 0 Å². The third-order valence-corrected chi connectivity index (χ3v) is 10.5. The zero-order valence-corrected chi connectivity index (χ0v) is 29.2. The van der Waals surface area contributed by atoms with Crippen LogP contribution in [0.2, 0.25) is 0 Å². The molecule has 0 radical (unpaired) electrons. The monoisotopic (exact) mass is 690 g/mol. The predicted molar refractivity (Wildman–Crippen MR) is 191 cm³/mol. The molecule has 1 aliphatic heterocycles. The number of nitrogens with zero attached hydrogens (tertiary/aromatic N) is 1. The lowest BCUT2D eigenvalue weighted by atomic mass is 9.79. The normalized spacial score (nSPS) is 24.0. The molecule has 4 aromatic carbocycles. The first-order valence-corrected chi connectivity index (χ1v) is 17.0. The summed E-state index contributed by atoms with van der Waals surface area (Å²) >= 11 is 0. The Morgan fingerprint density at radius 1 is 0.804 bits per heavy atom. The maximum absolute atomic E-state index is 13.2. The molecule has 2 aliphatic rings. The van der Waals surface area contributed by atoms with Crippen molar-refractivity contribution in [1.29, 1.82) is 0 Å². The van der Waals surface area contributed by atoms with Gasteiger partial charge < -0.3 is 28.8 Å². The van der Waals surface area contributed by atoms with Gasteiger partial charge in [0.25, 0.3) is 5.56 Å². The average molecular weight is 691 g/mol. The van der Waals surface area contributed by atoms with Crippen molar-refractivity contribution in [1.82, 2.24) is 9.55 Å². The summed E-state index contributed by atoms with van der Waals surface area (Å²) < 4.78 is 33.3. The van der Waals surface area contributed by atoms with E-state index in [0.29, 0.717) is 22.8 Å². The van der Waals surface area contributed by atoms with E-state index >= 15 is 0 Å². The second kappa shape index (κ2) is 13.5. The SMILES string of the molecule is COc1ccc(C(OC[C@]23O[C@@H](n4cc(C)c(=O)[nH]c4=O)[C@H]([C@@H](C)[C@@H]2Oc2ccc(C)cc2)[C@@H]3O)(c2ccccc2)c2ccc(OC)cc2)cc1. The molecule has 5 aromatic rings. The van der Waals surface area contributed by atoms with Gasteiger partial charge in [-0.3, -0.25) is 14.3 Å². The molecule has 51 heavy (non-hydrogen) atoms. The topological polar surface area (TPSA) is 121 Å². The van der Waals surface area contributed by atoms with Gasteiger partial charge in [0.1, 0.15) is 35.2 Å². The van der Waals surface area contributed by atoms with Gasteiger partial charge in [0.15, 0.2) is 5.60 Å². The number of aliphatic hydroxyl groups is 1. The predicted octanol–water partition coefficient (Wildman–Crippen LogP) is 5.52. The molecule has 2 bridgehead atoms. The Hall–Kier alpha value is -5.16. The number of fused-ring (bicyclic) bond motifs is 2. The maximum Gasteiger partial charge on any atom is 0.330 e. The fourth-order valence-electron chi connectivity index (χ4n) is 7.77. The summed E-state index contributed by atoms with van der Waals surface area (Å²) in [7, 11) is 3.24. The standard InChI is InChI=1S/C41H42N2O8/c1-25-11-17-33(18-12-25)50-36-27(3)34-35(44)40(36,51-38(34)43-23-26(2)37(45)42-39(43)46)24-49-41(28-9-7-6-8-10-28,29-13-19-31(47-4)20-14-29)30-15-21-32(48-5)22-16-30/h6-23,27,34-36,38,44H,24H2,1-5H3,(H,42,45,46)/t27-,34-,35+,36+,38-,40-/m1/s1. The second-order valence-electron chi connectivity index (χ2n) is 13.5. The quantitative estimate of drug-likeness (QED) is 0.174. The van der Waals surface area contributed by atoms with Crippen molar-refractivity contribution in [2.24, 2.45) is 11.8 Å². The van der Waals surface area contributed by atoms with Gasteiger partial charge in [-0.25, -0.2) is 4.79 Å². The van der Waals surface area contributed by atoms with Crippen LogP contribution in [0.4, 0.5) is 0 Å². The molecule has 6 atom stereocenters. The van der Waals surface area contributed by atoms with Crippen LogP contribution in [0.25, 0.3) is 0 Å². The number of nitrogens with one attached hydrogen (secondary N) is 1. The number of rotatable bonds is 11. The van der Waals surface area contributed by atoms with Crippen LogP contribution in [0.5, 0.6) is 17.2 Å². The van der Waals surface area contributed by atoms with E-state index < -0.39 is 46.8 Å². The van der Waals surface area contributed by atoms with Crippen molar-refractivity contribution in [3.63, 3.8) is 0 Å². The molecule has 0 amide bonds. The van der Waals surface area contributed by atoms with E-state index in [1.165, 1.54) is 10.8 Å². The number of H-pyrrole nitrogens is 1. The molecule has 0 spiro atoms. The van der Waals surface area contributed by atoms with Gasteiger partial charge in [0.05, 0.1) is 26.9 Å². The smallest absolute Gasteiger partial charge is 0.330 e. The van der Waals surface area contributed by atoms with Gasteiger partial charge in [-0.2, -0.15) is 0 Å². The zero-order chi connectivity index (χ0) is 35.9. The highest BCUT2D eigenvalue weighted by Crippen LogP contribution is 2.57. The summed E-state index contributed by atoms with van der Waals surface area (Å²) in [5.74, 6) is 1.13. The number of methoxy groups -OCH3 is 2. The van der Waals surface area contributed by atoms with Gasteiger partial charge in [0.2, 0.25) is 0 Å². The third kappa shape index (κ3) is 5.83. The molecule has 1 saturated carbocycles. The molecule has 0 unspecified atom stereocenters. The number of aromatic amines is 1. The number of aliphatic hydroxyl groups excluding tert-OH is 1. The van der Waals surface area contributed by atoms with Crippen LogP contribution in [0, 0.1) is 25.7 Å². The van der Waals surface area contributed by atoms with Gasteiger partial charge in [-0.15, -0.1) is 0 Å². The van der Waals surface area contributed by atoms with Crippen LogP contribution in [0.15, 0.2) is 119 Å². The largest absolute Gasteiger partial charge is 0.497 e. The van der Waals surface area contributed by atoms with E-state index in [-0.39, 0.29) is 12.5 Å². The Labute approximate surface area is 296 Å². The van der Waals surface area contributed by atoms with E-state index in [1.54, 1.807) is 21.1 Å². The first-order chi connectivity index (χ1) is 24.6. The molecular formula is C41H42N2O8. The van der Waals surface area contributed by atoms with Crippen LogP contribution >= 0.6 is 0 Å². The number of hydrogen-bond acceptors (Lipinski definition) is 8. The minimum atomic E-state index is -1.44. The summed E-state index contributed by atoms with van der Waals surface area (Å²) in [6.45, 7) is 5.49. The summed E-state index contributed by atoms with van der Waals surface area (Å²) in [5, 5.41) is 12.3. The minimum Gasteiger partial charge on any atom is -0.497 e. The molecule has 1 saturated heterocycles. The molecule has 7 rings (SSSR count). The molecule has 10 heteroatoms. The Morgan fingerprint density at radius 2 is 1.35 bits per heavy atom. The van der Waals surface area contributed by atoms with E-state index in [2.05, 4.69) is 4.98 Å². The molecule has 1 aliphatic carbocycles. The van der Waals surface area contributed by atoms with Crippen molar-refractivity contribution in [2.45, 2.75) is 50.4 Å². The Bertz CT molecular complexity index is 2050. The van der Waals surface area contributed by atoms with Crippen molar-refractivity contribution < 1.29 is 28.8 Å². The van der Waals surface area contributed by atoms with E-state index in [4.69, 9.17) is 23.7 Å². The third-order valence-electron chi connectivity index (χ3n) is 10.5. The van der Waals surface area contributed by atoms with Gasteiger partial charge in [0, 0.05) is 23.6 Å². The minimum absolute atomic E-state index is 0.133. The number of benzene rings is 4. The molecule has 264 valence electrons. The van der Waals surface area contributed by atoms with E-state index in [1.807, 2.05) is 117 Å². The van der Waals surface area contributed by atoms with E-state index in [9.17, 15) is 14.7 Å². The molecule has 2 heterocycles. The van der Waals surface area contributed by atoms with E-state index in [0.717, 1.165) is 22.3 Å². The Morgan fingerprint density at radius 3 is 1.92 bits per heavy atom. The van der Waals surface area contributed by atoms with Crippen molar-refractivity contribution in [3.05, 3.63) is 158 Å². The second-order valence-corrected chi connectivity index (χ2v) is 13.5. The highest BCUT2D eigenvalue weighted by molar-refractivity contribution is 5.50. The average Bonchev–Trinajstić information content (AvgIpc) is 3.55. The van der Waals surface area contributed by atoms with Crippen molar-refractivity contribution in [2.75, 3.05) is 20.8 Å². The number of ether oxygens (including phenoxy) is 5. The molecule has 1 aromatic heterocycles. The van der Waals surface area contributed by atoms with Gasteiger partial charge in [-0.05, 0) is 66.9 Å². The lowest BCUT2D eigenvalue weighted by Crippen LogP contribution is -2.56. The fourth-order valence-corrected chi connectivity index (χ4v) is 7.77. The Kier molecular flexibility index (Phi) is 9.09. The summed E-state index contributed by atoms with van der Waals surface area (Å²) in [6, 6.07) is 33.0. The number of hydrogen-bond donors (Lipinski definition) is 2. The lowest BCUT2D eigenvalue weighted by Gasteiger charge is -2.44. The van der Waals surface area contributed by atoms with Gasteiger partial charge >= 0.3 is 5.69 Å². The fraction of sp³-hybridized carbons (Fsp3) is 0.317. The zero-order valence-electron chi connectivity index (χ0n) is 29.2. The number of aromatic nitrogens is 2. The van der Waals surface area contributed by atoms with Crippen LogP contribution in [-0.2, 0) is 15.1 Å². The first-order valence-electron chi connectivity index (χ1n) is 17.0. The summed E-state index contributed by atoms with van der Waals surface area (Å²) in [5.41, 5.74) is 0.145. The lowest BCUT2D eigenvalue weighted by molar-refractivity contribution is -0.216. The van der Waals surface area contributed by atoms with Crippen molar-refractivity contribution in [3.8, 4) is 17.2 Å². The van der Waals surface area contributed by atoms with Crippen LogP contribution < -0.4 is 25.5 Å². The maximum atomic E-state index is 13.2.